The molecule has 2 N–H and O–H groups in total. The summed E-state index contributed by atoms with van der Waals surface area (Å²) in [5.41, 5.74) is 8.94. The second-order valence-electron chi connectivity index (χ2n) is 16.6. The Morgan fingerprint density at radius 3 is 2.23 bits per heavy atom. The van der Waals surface area contributed by atoms with Crippen LogP contribution in [0.5, 0.6) is 5.75 Å². The smallest absolute Gasteiger partial charge is 0.433 e. The number of aromatic nitrogens is 1. The highest BCUT2D eigenvalue weighted by atomic mass is 19.4. The number of alkyl halides is 3. The van der Waals surface area contributed by atoms with Crippen molar-refractivity contribution >= 4 is 40.7 Å². The summed E-state index contributed by atoms with van der Waals surface area (Å²) in [5.74, 6) is 0.0758. The van der Waals surface area contributed by atoms with Crippen LogP contribution < -0.4 is 15.1 Å². The first kappa shape index (κ1) is 41.1. The second-order valence-corrected chi connectivity index (χ2v) is 16.6. The number of allylic oxidation sites excluding steroid dienone is 1. The fourth-order valence-corrected chi connectivity index (χ4v) is 9.34. The van der Waals surface area contributed by atoms with Crippen molar-refractivity contribution in [3.8, 4) is 5.75 Å². The Balaban J connectivity index is 0.877. The van der Waals surface area contributed by atoms with Crippen LogP contribution in [0.3, 0.4) is 0 Å². The molecule has 10 nitrogen and oxygen atoms in total. The van der Waals surface area contributed by atoms with E-state index in [4.69, 9.17) is 0 Å². The number of aryl methyl sites for hydroxylation is 2. The third-order valence-electron chi connectivity index (χ3n) is 12.8. The van der Waals surface area contributed by atoms with Gasteiger partial charge in [-0.15, -0.1) is 0 Å². The minimum atomic E-state index is -4.51. The van der Waals surface area contributed by atoms with E-state index < -0.39 is 23.8 Å². The SMILES string of the molecule is Cc1ccc(N2CCN(CC3CCN(c4ccc(C5=C(c6ccc(C(F)(F)F)nc6)CCCc6cc(O)ccc65)cc4)CC3)CC2)cc1CN(C=O)C1CCC(=O)NC1=O. The Kier molecular flexibility index (Phi) is 12.0. The first-order valence-corrected chi connectivity index (χ1v) is 21.0. The van der Waals surface area contributed by atoms with E-state index in [9.17, 15) is 32.7 Å². The number of hydrogen-bond donors (Lipinski definition) is 2. The molecule has 8 rings (SSSR count). The number of rotatable bonds is 10. The fourth-order valence-electron chi connectivity index (χ4n) is 9.34. The van der Waals surface area contributed by atoms with Crippen LogP contribution in [0.1, 0.15) is 77.6 Å². The van der Waals surface area contributed by atoms with Gasteiger partial charge in [0.25, 0.3) is 0 Å². The molecule has 0 bridgehead atoms. The van der Waals surface area contributed by atoms with Crippen LogP contribution in [-0.4, -0.2) is 90.0 Å². The standard InChI is InChI=1S/C47H51F3N6O4/c1-31-5-9-38(25-36(31)29-56(30-57)42-14-16-44(59)52-46(42)60)55-23-21-53(22-24-55)28-32-17-19-54(20-18-32)37-10-6-33(7-11-37)45-40(35-8-15-43(51-27-35)47(48,49)50)4-2-3-34-26-39(58)12-13-41(34)45/h5-13,15,25-27,30,32,42,58H,2-4,14,16-24,28-29H2,1H3,(H,52,59,60). The molecular formula is C47H51F3N6O4. The van der Waals surface area contributed by atoms with Crippen molar-refractivity contribution in [1.82, 2.24) is 20.1 Å². The number of amides is 3. The Morgan fingerprint density at radius 1 is 0.833 bits per heavy atom. The minimum Gasteiger partial charge on any atom is -0.508 e. The number of carbonyl (C=O) groups excluding carboxylic acids is 3. The predicted octanol–water partition coefficient (Wildman–Crippen LogP) is 7.21. The summed E-state index contributed by atoms with van der Waals surface area (Å²) in [6, 6.07) is 22.2. The van der Waals surface area contributed by atoms with Crippen LogP contribution in [0.4, 0.5) is 24.5 Å². The average Bonchev–Trinajstić information content (AvgIpc) is 3.43. The molecule has 3 fully saturated rings. The highest BCUT2D eigenvalue weighted by Crippen LogP contribution is 2.42. The summed E-state index contributed by atoms with van der Waals surface area (Å²) in [6.45, 7) is 9.02. The van der Waals surface area contributed by atoms with Crippen molar-refractivity contribution < 1.29 is 32.7 Å². The Morgan fingerprint density at radius 2 is 1.55 bits per heavy atom. The molecule has 3 amide bonds. The van der Waals surface area contributed by atoms with Gasteiger partial charge in [0.2, 0.25) is 18.2 Å². The van der Waals surface area contributed by atoms with Gasteiger partial charge in [-0.1, -0.05) is 30.3 Å². The lowest BCUT2D eigenvalue weighted by Gasteiger charge is -2.40. The quantitative estimate of drug-likeness (QED) is 0.128. The number of imide groups is 1. The predicted molar refractivity (Wildman–Crippen MR) is 225 cm³/mol. The number of halogens is 3. The van der Waals surface area contributed by atoms with Gasteiger partial charge in [0.1, 0.15) is 17.5 Å². The highest BCUT2D eigenvalue weighted by molar-refractivity contribution is 6.01. The number of aromatic hydroxyl groups is 1. The molecule has 4 aromatic rings. The number of anilines is 2. The lowest BCUT2D eigenvalue weighted by Crippen LogP contribution is -2.51. The van der Waals surface area contributed by atoms with E-state index >= 15 is 0 Å². The van der Waals surface area contributed by atoms with Crippen molar-refractivity contribution in [1.29, 1.82) is 0 Å². The molecule has 60 heavy (non-hydrogen) atoms. The monoisotopic (exact) mass is 820 g/mol. The summed E-state index contributed by atoms with van der Waals surface area (Å²) < 4.78 is 40.1. The molecule has 13 heteroatoms. The number of pyridine rings is 1. The van der Waals surface area contributed by atoms with Gasteiger partial charge in [-0.2, -0.15) is 13.2 Å². The van der Waals surface area contributed by atoms with Gasteiger partial charge in [-0.05, 0) is 138 Å². The summed E-state index contributed by atoms with van der Waals surface area (Å²) in [7, 11) is 0. The van der Waals surface area contributed by atoms with Crippen LogP contribution in [0, 0.1) is 12.8 Å². The van der Waals surface area contributed by atoms with Crippen molar-refractivity contribution in [2.24, 2.45) is 5.92 Å². The van der Waals surface area contributed by atoms with Crippen molar-refractivity contribution in [3.63, 3.8) is 0 Å². The van der Waals surface area contributed by atoms with E-state index in [1.807, 2.05) is 13.0 Å². The summed E-state index contributed by atoms with van der Waals surface area (Å²) >= 11 is 0. The van der Waals surface area contributed by atoms with Gasteiger partial charge in [0.15, 0.2) is 0 Å². The van der Waals surface area contributed by atoms with Crippen LogP contribution in [-0.2, 0) is 33.5 Å². The Hall–Kier alpha value is -5.69. The van der Waals surface area contributed by atoms with Crippen molar-refractivity contribution in [2.75, 3.05) is 55.6 Å². The van der Waals surface area contributed by atoms with E-state index in [2.05, 4.69) is 67.5 Å². The number of nitrogens with one attached hydrogen (secondary N) is 1. The van der Waals surface area contributed by atoms with Crippen LogP contribution in [0.15, 0.2) is 79.0 Å². The van der Waals surface area contributed by atoms with Crippen molar-refractivity contribution in [3.05, 3.63) is 118 Å². The topological polar surface area (TPSA) is 109 Å². The van der Waals surface area contributed by atoms with E-state index in [-0.39, 0.29) is 18.1 Å². The van der Waals surface area contributed by atoms with Gasteiger partial charge in [0, 0.05) is 76.4 Å². The molecule has 1 atom stereocenters. The fraction of sp³-hybridized carbons (Fsp3) is 0.404. The average molecular weight is 821 g/mol. The van der Waals surface area contributed by atoms with Crippen LogP contribution in [0.25, 0.3) is 11.1 Å². The molecular weight excluding hydrogens is 770 g/mol. The number of phenolic OH excluding ortho intramolecular Hbond substituents is 1. The number of piperidine rings is 2. The molecule has 314 valence electrons. The molecule has 1 unspecified atom stereocenters. The number of carbonyl (C=O) groups is 3. The second kappa shape index (κ2) is 17.5. The Labute approximate surface area is 348 Å². The number of fused-ring (bicyclic) bond motifs is 1. The zero-order chi connectivity index (χ0) is 42.0. The van der Waals surface area contributed by atoms with Gasteiger partial charge >= 0.3 is 6.18 Å². The molecule has 4 heterocycles. The zero-order valence-electron chi connectivity index (χ0n) is 33.9. The summed E-state index contributed by atoms with van der Waals surface area (Å²) in [6.07, 6.45) is 2.49. The number of hydrogen-bond acceptors (Lipinski definition) is 8. The normalized spacial score (nSPS) is 19.5. The number of phenols is 1. The largest absolute Gasteiger partial charge is 0.508 e. The third kappa shape index (κ3) is 9.06. The number of benzene rings is 3. The number of piperazine rings is 1. The van der Waals surface area contributed by atoms with Crippen molar-refractivity contribution in [2.45, 2.75) is 70.6 Å². The van der Waals surface area contributed by atoms with E-state index in [0.29, 0.717) is 37.3 Å². The number of nitrogens with zero attached hydrogens (tertiary/aromatic N) is 5. The van der Waals surface area contributed by atoms with Gasteiger partial charge in [0.05, 0.1) is 0 Å². The van der Waals surface area contributed by atoms with E-state index in [1.54, 1.807) is 12.1 Å². The van der Waals surface area contributed by atoms with E-state index in [1.165, 1.54) is 17.2 Å². The lowest BCUT2D eigenvalue weighted by atomic mass is 9.88. The maximum Gasteiger partial charge on any atom is 0.433 e. The third-order valence-corrected chi connectivity index (χ3v) is 12.8. The maximum absolute atomic E-state index is 13.4. The van der Waals surface area contributed by atoms with Crippen LogP contribution in [0.2, 0.25) is 0 Å². The van der Waals surface area contributed by atoms with Gasteiger partial charge < -0.3 is 19.8 Å². The molecule has 4 aliphatic rings. The summed E-state index contributed by atoms with van der Waals surface area (Å²) in [5, 5.41) is 12.6. The summed E-state index contributed by atoms with van der Waals surface area (Å²) in [4.78, 5) is 48.8. The molecule has 1 aliphatic carbocycles. The molecule has 0 spiro atoms. The first-order valence-electron chi connectivity index (χ1n) is 21.0. The zero-order valence-corrected chi connectivity index (χ0v) is 33.9. The molecule has 3 saturated heterocycles. The van der Waals surface area contributed by atoms with Gasteiger partial charge in [-0.25, -0.2) is 0 Å². The molecule has 1 aromatic heterocycles. The molecule has 3 aliphatic heterocycles. The minimum absolute atomic E-state index is 0.195. The maximum atomic E-state index is 13.4. The molecule has 0 radical (unpaired) electrons. The molecule has 0 saturated carbocycles. The van der Waals surface area contributed by atoms with E-state index in [0.717, 1.165) is 128 Å². The Bertz CT molecular complexity index is 2240. The first-order chi connectivity index (χ1) is 28.9. The van der Waals surface area contributed by atoms with Crippen LogP contribution >= 0.6 is 0 Å². The van der Waals surface area contributed by atoms with Gasteiger partial charge in [-0.3, -0.25) is 29.6 Å². The molecule has 3 aromatic carbocycles. The lowest BCUT2D eigenvalue weighted by molar-refractivity contribution is -0.142. The highest BCUT2D eigenvalue weighted by Gasteiger charge is 2.33.